The molecule has 0 spiro atoms. The van der Waals surface area contributed by atoms with Gasteiger partial charge in [0.1, 0.15) is 5.75 Å². The van der Waals surface area contributed by atoms with Crippen molar-refractivity contribution >= 4 is 41.7 Å². The maximum absolute atomic E-state index is 12.0. The van der Waals surface area contributed by atoms with Crippen molar-refractivity contribution in [3.05, 3.63) is 48.5 Å². The third-order valence-electron chi connectivity index (χ3n) is 3.88. The van der Waals surface area contributed by atoms with Gasteiger partial charge in [0.25, 0.3) is 0 Å². The molecule has 0 aliphatic rings. The number of benzene rings is 2. The monoisotopic (exact) mass is 423 g/mol. The lowest BCUT2D eigenvalue weighted by Gasteiger charge is -2.15. The lowest BCUT2D eigenvalue weighted by atomic mass is 10.1. The summed E-state index contributed by atoms with van der Waals surface area (Å²) in [6.45, 7) is 3.60. The molecule has 8 heteroatoms. The molecule has 2 rings (SSSR count). The molecular formula is C20H26ClN3O3S. The number of hydrogen-bond donors (Lipinski definition) is 3. The van der Waals surface area contributed by atoms with Crippen LogP contribution in [0.5, 0.6) is 5.75 Å². The maximum Gasteiger partial charge on any atom is 0.243 e. The van der Waals surface area contributed by atoms with E-state index in [4.69, 9.17) is 10.5 Å². The normalized spacial score (nSPS) is 11.3. The summed E-state index contributed by atoms with van der Waals surface area (Å²) >= 11 is 1.62. The zero-order valence-electron chi connectivity index (χ0n) is 16.1. The second kappa shape index (κ2) is 11.6. The quantitative estimate of drug-likeness (QED) is 0.605. The fraction of sp³-hybridized carbons (Fsp3) is 0.300. The first-order valence-corrected chi connectivity index (χ1v) is 9.46. The predicted molar refractivity (Wildman–Crippen MR) is 115 cm³/mol. The first-order chi connectivity index (χ1) is 12.9. The molecule has 0 heterocycles. The van der Waals surface area contributed by atoms with Crippen LogP contribution in [0.3, 0.4) is 0 Å². The highest BCUT2D eigenvalue weighted by Crippen LogP contribution is 2.29. The van der Waals surface area contributed by atoms with Crippen molar-refractivity contribution in [2.45, 2.75) is 29.7 Å². The van der Waals surface area contributed by atoms with Crippen LogP contribution in [-0.2, 0) is 9.59 Å². The smallest absolute Gasteiger partial charge is 0.243 e. The molecule has 0 radical (unpaired) electrons. The van der Waals surface area contributed by atoms with Crippen LogP contribution < -0.4 is 21.1 Å². The van der Waals surface area contributed by atoms with Crippen LogP contribution in [-0.4, -0.2) is 31.5 Å². The molecule has 0 fully saturated rings. The van der Waals surface area contributed by atoms with Gasteiger partial charge in [-0.15, -0.1) is 12.4 Å². The Morgan fingerprint density at radius 1 is 1.04 bits per heavy atom. The molecule has 0 aromatic heterocycles. The van der Waals surface area contributed by atoms with Gasteiger partial charge in [0.15, 0.2) is 0 Å². The molecule has 6 nitrogen and oxygen atoms in total. The van der Waals surface area contributed by atoms with E-state index in [1.165, 1.54) is 0 Å². The Morgan fingerprint density at radius 3 is 2.07 bits per heavy atom. The number of halogens is 1. The van der Waals surface area contributed by atoms with Crippen LogP contribution in [0.1, 0.15) is 13.8 Å². The third-order valence-corrected chi connectivity index (χ3v) is 4.89. The molecule has 0 aliphatic carbocycles. The third kappa shape index (κ3) is 7.42. The van der Waals surface area contributed by atoms with Crippen molar-refractivity contribution in [3.63, 3.8) is 0 Å². The van der Waals surface area contributed by atoms with E-state index in [0.29, 0.717) is 5.69 Å². The molecule has 28 heavy (non-hydrogen) atoms. The van der Waals surface area contributed by atoms with Gasteiger partial charge in [0, 0.05) is 15.5 Å². The Bertz CT molecular complexity index is 767. The van der Waals surface area contributed by atoms with E-state index in [2.05, 4.69) is 10.6 Å². The molecule has 0 unspecified atom stereocenters. The van der Waals surface area contributed by atoms with Crippen molar-refractivity contribution in [2.24, 2.45) is 11.7 Å². The molecule has 4 N–H and O–H groups in total. The molecular weight excluding hydrogens is 398 g/mol. The van der Waals surface area contributed by atoms with E-state index >= 15 is 0 Å². The van der Waals surface area contributed by atoms with Crippen molar-refractivity contribution in [1.29, 1.82) is 0 Å². The Kier molecular flexibility index (Phi) is 9.85. The van der Waals surface area contributed by atoms with Crippen LogP contribution in [0.2, 0.25) is 0 Å². The van der Waals surface area contributed by atoms with Crippen LogP contribution in [0.25, 0.3) is 0 Å². The van der Waals surface area contributed by atoms with E-state index in [1.54, 1.807) is 18.9 Å². The van der Waals surface area contributed by atoms with Crippen LogP contribution >= 0.6 is 24.2 Å². The zero-order chi connectivity index (χ0) is 19.8. The minimum atomic E-state index is -0.618. The fourth-order valence-corrected chi connectivity index (χ4v) is 3.00. The molecule has 0 saturated heterocycles. The lowest BCUT2D eigenvalue weighted by Crippen LogP contribution is -2.46. The van der Waals surface area contributed by atoms with E-state index in [-0.39, 0.29) is 36.7 Å². The Morgan fingerprint density at radius 2 is 1.57 bits per heavy atom. The van der Waals surface area contributed by atoms with Gasteiger partial charge in [-0.1, -0.05) is 25.6 Å². The number of methoxy groups -OCH3 is 1. The molecule has 2 aromatic rings. The summed E-state index contributed by atoms with van der Waals surface area (Å²) in [7, 11) is 1.64. The van der Waals surface area contributed by atoms with Crippen molar-refractivity contribution in [3.8, 4) is 5.75 Å². The summed E-state index contributed by atoms with van der Waals surface area (Å²) in [6, 6.07) is 14.7. The first-order valence-electron chi connectivity index (χ1n) is 8.64. The average Bonchev–Trinajstić information content (AvgIpc) is 2.67. The predicted octanol–water partition coefficient (Wildman–Crippen LogP) is 3.31. The van der Waals surface area contributed by atoms with Gasteiger partial charge >= 0.3 is 0 Å². The number of rotatable bonds is 8. The summed E-state index contributed by atoms with van der Waals surface area (Å²) in [6.07, 6.45) is 0. The number of carbonyl (C=O) groups excluding carboxylic acids is 2. The number of nitrogens with two attached hydrogens (primary N) is 1. The highest BCUT2D eigenvalue weighted by atomic mass is 35.5. The molecule has 0 bridgehead atoms. The fourth-order valence-electron chi connectivity index (χ4n) is 2.18. The zero-order valence-corrected chi connectivity index (χ0v) is 17.7. The molecule has 0 aliphatic heterocycles. The number of nitrogens with one attached hydrogen (secondary N) is 2. The van der Waals surface area contributed by atoms with Crippen LogP contribution in [0.15, 0.2) is 58.3 Å². The molecule has 2 aromatic carbocycles. The summed E-state index contributed by atoms with van der Waals surface area (Å²) in [5.41, 5.74) is 6.41. The van der Waals surface area contributed by atoms with Gasteiger partial charge in [-0.05, 0) is 54.4 Å². The van der Waals surface area contributed by atoms with E-state index in [1.807, 2.05) is 62.4 Å². The standard InChI is InChI=1S/C20H25N3O3S.ClH/c1-13(2)19(21)20(25)22-12-18(24)23-14-4-8-16(9-5-14)27-17-10-6-15(26-3)7-11-17;/h4-11,13,19H,12,21H2,1-3H3,(H,22,25)(H,23,24);1H/t19-;/m0./s1. The number of carbonyl (C=O) groups is 2. The summed E-state index contributed by atoms with van der Waals surface area (Å²) in [4.78, 5) is 25.9. The molecule has 2 amide bonds. The number of ether oxygens (including phenoxy) is 1. The minimum absolute atomic E-state index is 0. The topological polar surface area (TPSA) is 93.5 Å². The van der Waals surface area contributed by atoms with E-state index in [9.17, 15) is 9.59 Å². The molecule has 1 atom stereocenters. The maximum atomic E-state index is 12.0. The Labute approximate surface area is 176 Å². The highest BCUT2D eigenvalue weighted by molar-refractivity contribution is 7.99. The van der Waals surface area contributed by atoms with E-state index < -0.39 is 6.04 Å². The minimum Gasteiger partial charge on any atom is -0.497 e. The lowest BCUT2D eigenvalue weighted by molar-refractivity contribution is -0.125. The highest BCUT2D eigenvalue weighted by Gasteiger charge is 2.17. The first kappa shape index (κ1) is 23.8. The van der Waals surface area contributed by atoms with E-state index in [0.717, 1.165) is 15.5 Å². The molecule has 0 saturated carbocycles. The SMILES string of the molecule is COc1ccc(Sc2ccc(NC(=O)CNC(=O)[C@@H](N)C(C)C)cc2)cc1.Cl. The number of anilines is 1. The van der Waals surface area contributed by atoms with Gasteiger partial charge in [-0.2, -0.15) is 0 Å². The average molecular weight is 424 g/mol. The van der Waals surface area contributed by atoms with Crippen molar-refractivity contribution in [1.82, 2.24) is 5.32 Å². The van der Waals surface area contributed by atoms with Crippen LogP contribution in [0, 0.1) is 5.92 Å². The van der Waals surface area contributed by atoms with Crippen molar-refractivity contribution in [2.75, 3.05) is 19.0 Å². The number of hydrogen-bond acceptors (Lipinski definition) is 5. The summed E-state index contributed by atoms with van der Waals surface area (Å²) in [5.74, 6) is 0.212. The number of amides is 2. The Balaban J connectivity index is 0.00000392. The van der Waals surface area contributed by atoms with Gasteiger partial charge in [-0.3, -0.25) is 9.59 Å². The van der Waals surface area contributed by atoms with Crippen molar-refractivity contribution < 1.29 is 14.3 Å². The largest absolute Gasteiger partial charge is 0.497 e. The Hall–Kier alpha value is -2.22. The van der Waals surface area contributed by atoms with Crippen LogP contribution in [0.4, 0.5) is 5.69 Å². The second-order valence-corrected chi connectivity index (χ2v) is 7.48. The second-order valence-electron chi connectivity index (χ2n) is 6.34. The summed E-state index contributed by atoms with van der Waals surface area (Å²) < 4.78 is 5.15. The van der Waals surface area contributed by atoms with Gasteiger partial charge in [0.2, 0.25) is 11.8 Å². The molecule has 152 valence electrons. The summed E-state index contributed by atoms with van der Waals surface area (Å²) in [5, 5.41) is 5.30. The van der Waals surface area contributed by atoms with Gasteiger partial charge in [-0.25, -0.2) is 0 Å². The van der Waals surface area contributed by atoms with Gasteiger partial charge < -0.3 is 21.1 Å². The van der Waals surface area contributed by atoms with Gasteiger partial charge in [0.05, 0.1) is 19.7 Å².